The average Bonchev–Trinajstić information content (AvgIpc) is 2.37. The second-order valence-electron chi connectivity index (χ2n) is 4.67. The van der Waals surface area contributed by atoms with Crippen molar-refractivity contribution in [2.75, 3.05) is 32.2 Å². The standard InChI is InChI=1S/C13H20N2O5/c1-9(16)10-4-5-12(13(6-10)15(18)19)14(2)7-11(17)8-20-3/h4-6,9,11,16-17H,7-8H2,1-3H3/t9-,11?/m0/s1. The molecule has 7 nitrogen and oxygen atoms in total. The average molecular weight is 284 g/mol. The van der Waals surface area contributed by atoms with E-state index < -0.39 is 17.1 Å². The van der Waals surface area contributed by atoms with Crippen molar-refractivity contribution in [1.82, 2.24) is 0 Å². The second-order valence-corrected chi connectivity index (χ2v) is 4.67. The maximum Gasteiger partial charge on any atom is 0.292 e. The number of hydrogen-bond donors (Lipinski definition) is 2. The lowest BCUT2D eigenvalue weighted by Gasteiger charge is -2.22. The van der Waals surface area contributed by atoms with E-state index in [1.165, 1.54) is 13.2 Å². The highest BCUT2D eigenvalue weighted by Gasteiger charge is 2.20. The Balaban J connectivity index is 3.01. The van der Waals surface area contributed by atoms with Crippen LogP contribution in [0.5, 0.6) is 0 Å². The highest BCUT2D eigenvalue weighted by atomic mass is 16.6. The van der Waals surface area contributed by atoms with E-state index in [1.54, 1.807) is 31.0 Å². The Labute approximate surface area is 117 Å². The third kappa shape index (κ3) is 4.16. The smallest absolute Gasteiger partial charge is 0.292 e. The summed E-state index contributed by atoms with van der Waals surface area (Å²) in [5.41, 5.74) is 0.761. The van der Waals surface area contributed by atoms with Crippen LogP contribution in [-0.4, -0.2) is 48.5 Å². The van der Waals surface area contributed by atoms with Gasteiger partial charge in [-0.05, 0) is 18.6 Å². The predicted molar refractivity (Wildman–Crippen MR) is 74.9 cm³/mol. The summed E-state index contributed by atoms with van der Waals surface area (Å²) in [6.07, 6.45) is -1.51. The number of nitrogens with zero attached hydrogens (tertiary/aromatic N) is 2. The van der Waals surface area contributed by atoms with Gasteiger partial charge in [0.2, 0.25) is 0 Å². The Hall–Kier alpha value is -1.70. The molecule has 2 atom stereocenters. The molecule has 1 aromatic rings. The van der Waals surface area contributed by atoms with Crippen LogP contribution in [0.3, 0.4) is 0 Å². The molecule has 0 radical (unpaired) electrons. The molecular formula is C13H20N2O5. The first-order valence-corrected chi connectivity index (χ1v) is 6.21. The lowest BCUT2D eigenvalue weighted by molar-refractivity contribution is -0.384. The van der Waals surface area contributed by atoms with Crippen molar-refractivity contribution < 1.29 is 19.9 Å². The van der Waals surface area contributed by atoms with Gasteiger partial charge in [0.1, 0.15) is 5.69 Å². The zero-order valence-corrected chi connectivity index (χ0v) is 11.8. The number of aliphatic hydroxyl groups excluding tert-OH is 2. The molecule has 1 aromatic carbocycles. The Morgan fingerprint density at radius 1 is 1.45 bits per heavy atom. The van der Waals surface area contributed by atoms with Gasteiger partial charge in [0.25, 0.3) is 5.69 Å². The van der Waals surface area contributed by atoms with Gasteiger partial charge in [-0.2, -0.15) is 0 Å². The molecule has 1 rings (SSSR count). The number of anilines is 1. The minimum Gasteiger partial charge on any atom is -0.389 e. The van der Waals surface area contributed by atoms with E-state index in [4.69, 9.17) is 4.74 Å². The molecule has 112 valence electrons. The molecule has 0 saturated heterocycles. The Bertz CT molecular complexity index is 464. The number of aliphatic hydroxyl groups is 2. The molecule has 20 heavy (non-hydrogen) atoms. The summed E-state index contributed by atoms with van der Waals surface area (Å²) in [5, 5.41) is 30.3. The summed E-state index contributed by atoms with van der Waals surface area (Å²) < 4.78 is 4.83. The minimum atomic E-state index is -0.771. The second kappa shape index (κ2) is 7.18. The Morgan fingerprint density at radius 2 is 2.10 bits per heavy atom. The van der Waals surface area contributed by atoms with E-state index in [0.717, 1.165) is 0 Å². The number of benzene rings is 1. The van der Waals surface area contributed by atoms with Crippen LogP contribution < -0.4 is 4.90 Å². The van der Waals surface area contributed by atoms with Crippen LogP contribution in [0.1, 0.15) is 18.6 Å². The van der Waals surface area contributed by atoms with E-state index in [-0.39, 0.29) is 18.8 Å². The van der Waals surface area contributed by atoms with Crippen LogP contribution in [-0.2, 0) is 4.74 Å². The summed E-state index contributed by atoms with van der Waals surface area (Å²) in [7, 11) is 3.13. The van der Waals surface area contributed by atoms with Crippen LogP contribution in [0.25, 0.3) is 0 Å². The number of ether oxygens (including phenoxy) is 1. The fourth-order valence-electron chi connectivity index (χ4n) is 1.93. The van der Waals surface area contributed by atoms with Gasteiger partial charge in [0.15, 0.2) is 0 Å². The van der Waals surface area contributed by atoms with Crippen molar-refractivity contribution in [2.45, 2.75) is 19.1 Å². The number of rotatable bonds is 7. The number of nitro benzene ring substituents is 1. The fourth-order valence-corrected chi connectivity index (χ4v) is 1.93. The number of hydrogen-bond acceptors (Lipinski definition) is 6. The van der Waals surface area contributed by atoms with Crippen LogP contribution in [0.15, 0.2) is 18.2 Å². The molecule has 0 aliphatic carbocycles. The Morgan fingerprint density at radius 3 is 2.60 bits per heavy atom. The molecule has 0 aliphatic heterocycles. The summed E-state index contributed by atoms with van der Waals surface area (Å²) in [6, 6.07) is 4.55. The largest absolute Gasteiger partial charge is 0.389 e. The van der Waals surface area contributed by atoms with Crippen LogP contribution in [0.2, 0.25) is 0 Å². The first kappa shape index (κ1) is 16.4. The monoisotopic (exact) mass is 284 g/mol. The topological polar surface area (TPSA) is 96.1 Å². The third-order valence-electron chi connectivity index (χ3n) is 2.93. The van der Waals surface area contributed by atoms with Crippen molar-refractivity contribution in [2.24, 2.45) is 0 Å². The van der Waals surface area contributed by atoms with Crippen molar-refractivity contribution in [3.05, 3.63) is 33.9 Å². The molecule has 1 unspecified atom stereocenters. The van der Waals surface area contributed by atoms with Crippen molar-refractivity contribution in [1.29, 1.82) is 0 Å². The summed E-state index contributed by atoms with van der Waals surface area (Å²) in [5.74, 6) is 0. The first-order chi connectivity index (χ1) is 9.36. The van der Waals surface area contributed by atoms with E-state index >= 15 is 0 Å². The normalized spacial score (nSPS) is 13.8. The zero-order chi connectivity index (χ0) is 15.3. The number of likely N-dealkylation sites (N-methyl/N-ethyl adjacent to an activating group) is 1. The van der Waals surface area contributed by atoms with Crippen molar-refractivity contribution >= 4 is 11.4 Å². The molecule has 0 aromatic heterocycles. The molecule has 0 aliphatic rings. The highest BCUT2D eigenvalue weighted by Crippen LogP contribution is 2.30. The Kier molecular flexibility index (Phi) is 5.87. The van der Waals surface area contributed by atoms with E-state index in [9.17, 15) is 20.3 Å². The number of methoxy groups -OCH3 is 1. The summed E-state index contributed by atoms with van der Waals surface area (Å²) >= 11 is 0. The molecule has 0 fully saturated rings. The summed E-state index contributed by atoms with van der Waals surface area (Å²) in [6.45, 7) is 1.91. The van der Waals surface area contributed by atoms with Crippen molar-refractivity contribution in [3.63, 3.8) is 0 Å². The van der Waals surface area contributed by atoms with Gasteiger partial charge in [0.05, 0.1) is 23.7 Å². The SMILES string of the molecule is COCC(O)CN(C)c1ccc([C@H](C)O)cc1[N+](=O)[O-]. The number of nitro groups is 1. The van der Waals surface area contributed by atoms with E-state index in [1.807, 2.05) is 0 Å². The van der Waals surface area contributed by atoms with Crippen LogP contribution in [0, 0.1) is 10.1 Å². The lowest BCUT2D eigenvalue weighted by atomic mass is 10.1. The minimum absolute atomic E-state index is 0.101. The molecule has 0 spiro atoms. The zero-order valence-electron chi connectivity index (χ0n) is 11.8. The maximum atomic E-state index is 11.1. The fraction of sp³-hybridized carbons (Fsp3) is 0.538. The highest BCUT2D eigenvalue weighted by molar-refractivity contribution is 5.64. The van der Waals surface area contributed by atoms with Gasteiger partial charge in [-0.3, -0.25) is 10.1 Å². The van der Waals surface area contributed by atoms with E-state index in [0.29, 0.717) is 11.3 Å². The molecule has 0 bridgehead atoms. The van der Waals surface area contributed by atoms with Crippen molar-refractivity contribution in [3.8, 4) is 0 Å². The van der Waals surface area contributed by atoms with E-state index in [2.05, 4.69) is 0 Å². The molecular weight excluding hydrogens is 264 g/mol. The molecule has 7 heteroatoms. The van der Waals surface area contributed by atoms with Gasteiger partial charge >= 0.3 is 0 Å². The van der Waals surface area contributed by atoms with Gasteiger partial charge < -0.3 is 19.8 Å². The van der Waals surface area contributed by atoms with Crippen LogP contribution in [0.4, 0.5) is 11.4 Å². The molecule has 0 amide bonds. The molecule has 2 N–H and O–H groups in total. The van der Waals surface area contributed by atoms with Gasteiger partial charge in [-0.1, -0.05) is 6.07 Å². The predicted octanol–water partition coefficient (Wildman–Crippen LogP) is 1.09. The van der Waals surface area contributed by atoms with Gasteiger partial charge in [-0.25, -0.2) is 0 Å². The summed E-state index contributed by atoms with van der Waals surface area (Å²) in [4.78, 5) is 12.2. The van der Waals surface area contributed by atoms with Gasteiger partial charge in [0, 0.05) is 26.8 Å². The van der Waals surface area contributed by atoms with Crippen LogP contribution >= 0.6 is 0 Å². The molecule has 0 heterocycles. The lowest BCUT2D eigenvalue weighted by Crippen LogP contribution is -2.32. The quantitative estimate of drug-likeness (QED) is 0.575. The van der Waals surface area contributed by atoms with Gasteiger partial charge in [-0.15, -0.1) is 0 Å². The first-order valence-electron chi connectivity index (χ1n) is 6.21. The molecule has 0 saturated carbocycles. The maximum absolute atomic E-state index is 11.1. The third-order valence-corrected chi connectivity index (χ3v) is 2.93.